The molecule has 1 aromatic heterocycles. The maximum Gasteiger partial charge on any atom is 0.138 e. The molecule has 2 rings (SSSR count). The van der Waals surface area contributed by atoms with Crippen LogP contribution in [0.25, 0.3) is 16.7 Å². The van der Waals surface area contributed by atoms with Gasteiger partial charge in [0.05, 0.1) is 0 Å². The molecule has 4 nitrogen and oxygen atoms in total. The zero-order valence-corrected chi connectivity index (χ0v) is 8.38. The van der Waals surface area contributed by atoms with Crippen LogP contribution in [-0.2, 0) is 0 Å². The molecule has 1 N–H and O–H groups in total. The molecule has 1 aromatic carbocycles. The number of hydrogen-bond donors (Lipinski definition) is 1. The van der Waals surface area contributed by atoms with Gasteiger partial charge in [-0.15, -0.1) is 10.2 Å². The third-order valence-electron chi connectivity index (χ3n) is 2.15. The Bertz CT molecular complexity index is 507. The lowest BCUT2D eigenvalue weighted by atomic mass is 10.3. The molecular formula is C11H11N3O. The van der Waals surface area contributed by atoms with Gasteiger partial charge in [0.15, 0.2) is 0 Å². The summed E-state index contributed by atoms with van der Waals surface area (Å²) < 4.78 is 0. The highest BCUT2D eigenvalue weighted by atomic mass is 16.3. The van der Waals surface area contributed by atoms with E-state index in [-0.39, 0.29) is 5.76 Å². The summed E-state index contributed by atoms with van der Waals surface area (Å²) >= 11 is 0. The van der Waals surface area contributed by atoms with Gasteiger partial charge in [-0.2, -0.15) is 4.80 Å². The Morgan fingerprint density at radius 1 is 1.33 bits per heavy atom. The van der Waals surface area contributed by atoms with Crippen molar-refractivity contribution in [2.45, 2.75) is 6.92 Å². The summed E-state index contributed by atoms with van der Waals surface area (Å²) in [5, 5.41) is 17.9. The molecule has 4 heteroatoms. The van der Waals surface area contributed by atoms with Crippen LogP contribution in [0.1, 0.15) is 6.92 Å². The van der Waals surface area contributed by atoms with Crippen LogP contribution in [-0.4, -0.2) is 20.1 Å². The van der Waals surface area contributed by atoms with E-state index in [0.29, 0.717) is 5.70 Å². The number of rotatable bonds is 2. The van der Waals surface area contributed by atoms with Gasteiger partial charge in [-0.1, -0.05) is 18.7 Å². The number of aliphatic hydroxyl groups is 1. The van der Waals surface area contributed by atoms with Crippen LogP contribution in [0, 0.1) is 0 Å². The summed E-state index contributed by atoms with van der Waals surface area (Å²) in [4.78, 5) is 1.40. The Labute approximate surface area is 87.1 Å². The van der Waals surface area contributed by atoms with E-state index in [0.717, 1.165) is 11.0 Å². The van der Waals surface area contributed by atoms with Crippen LogP contribution >= 0.6 is 0 Å². The van der Waals surface area contributed by atoms with Gasteiger partial charge in [0.25, 0.3) is 0 Å². The second-order valence-electron chi connectivity index (χ2n) is 3.15. The fourth-order valence-electron chi connectivity index (χ4n) is 1.26. The minimum absolute atomic E-state index is 0.0790. The van der Waals surface area contributed by atoms with Gasteiger partial charge in [0.1, 0.15) is 22.5 Å². The SMILES string of the molecule is C=C/C(O)=C(\C)n1nc2ccccc2n1. The van der Waals surface area contributed by atoms with Gasteiger partial charge in [0.2, 0.25) is 0 Å². The molecule has 0 aliphatic rings. The molecule has 0 aliphatic carbocycles. The normalized spacial score (nSPS) is 12.6. The van der Waals surface area contributed by atoms with Crippen molar-refractivity contribution >= 4 is 16.7 Å². The van der Waals surface area contributed by atoms with Crippen LogP contribution in [0.4, 0.5) is 0 Å². The summed E-state index contributed by atoms with van der Waals surface area (Å²) in [6, 6.07) is 7.54. The molecule has 1 heterocycles. The van der Waals surface area contributed by atoms with Crippen LogP contribution in [0.5, 0.6) is 0 Å². The van der Waals surface area contributed by atoms with Crippen molar-refractivity contribution in [2.75, 3.05) is 0 Å². The standard InChI is InChI=1S/C11H11N3O/c1-3-11(15)8(2)14-12-9-6-4-5-7-10(9)13-14/h3-7,15H,1H2,2H3/b11-8-. The van der Waals surface area contributed by atoms with Crippen molar-refractivity contribution in [3.8, 4) is 0 Å². The molecule has 0 spiro atoms. The van der Waals surface area contributed by atoms with Gasteiger partial charge < -0.3 is 5.11 Å². The second kappa shape index (κ2) is 3.57. The molecule has 0 saturated heterocycles. The fraction of sp³-hybridized carbons (Fsp3) is 0.0909. The number of nitrogens with zero attached hydrogens (tertiary/aromatic N) is 3. The molecule has 2 aromatic rings. The molecule has 0 radical (unpaired) electrons. The van der Waals surface area contributed by atoms with Crippen LogP contribution in [0.3, 0.4) is 0 Å². The van der Waals surface area contributed by atoms with Gasteiger partial charge in [-0.05, 0) is 25.1 Å². The average Bonchev–Trinajstić information content (AvgIpc) is 2.70. The zero-order chi connectivity index (χ0) is 10.8. The average molecular weight is 201 g/mol. The smallest absolute Gasteiger partial charge is 0.138 e. The quantitative estimate of drug-likeness (QED) is 0.599. The van der Waals surface area contributed by atoms with Crippen LogP contribution in [0.15, 0.2) is 42.7 Å². The molecule has 0 saturated carbocycles. The Morgan fingerprint density at radius 2 is 1.87 bits per heavy atom. The van der Waals surface area contributed by atoms with Crippen molar-refractivity contribution < 1.29 is 5.11 Å². The first-order chi connectivity index (χ1) is 7.22. The maximum atomic E-state index is 9.47. The van der Waals surface area contributed by atoms with E-state index in [1.807, 2.05) is 24.3 Å². The molecule has 76 valence electrons. The molecule has 0 aliphatic heterocycles. The van der Waals surface area contributed by atoms with Gasteiger partial charge in [-0.3, -0.25) is 0 Å². The fourth-order valence-corrected chi connectivity index (χ4v) is 1.26. The highest BCUT2D eigenvalue weighted by Crippen LogP contribution is 2.12. The van der Waals surface area contributed by atoms with Crippen molar-refractivity contribution in [3.05, 3.63) is 42.7 Å². The zero-order valence-electron chi connectivity index (χ0n) is 8.38. The maximum absolute atomic E-state index is 9.47. The van der Waals surface area contributed by atoms with E-state index in [4.69, 9.17) is 0 Å². The first-order valence-corrected chi connectivity index (χ1v) is 4.57. The van der Waals surface area contributed by atoms with Crippen molar-refractivity contribution in [1.29, 1.82) is 0 Å². The van der Waals surface area contributed by atoms with Crippen LogP contribution in [0.2, 0.25) is 0 Å². The summed E-state index contributed by atoms with van der Waals surface area (Å²) in [6.07, 6.45) is 1.36. The highest BCUT2D eigenvalue weighted by Gasteiger charge is 2.05. The van der Waals surface area contributed by atoms with Crippen molar-refractivity contribution in [2.24, 2.45) is 0 Å². The Kier molecular flexibility index (Phi) is 2.25. The summed E-state index contributed by atoms with van der Waals surface area (Å²) in [6.45, 7) is 5.22. The number of hydrogen-bond acceptors (Lipinski definition) is 3. The van der Waals surface area contributed by atoms with E-state index >= 15 is 0 Å². The lowest BCUT2D eigenvalue weighted by Gasteiger charge is -1.99. The number of aliphatic hydroxyl groups excluding tert-OH is 1. The molecule has 0 atom stereocenters. The van der Waals surface area contributed by atoms with Crippen molar-refractivity contribution in [3.63, 3.8) is 0 Å². The monoisotopic (exact) mass is 201 g/mol. The van der Waals surface area contributed by atoms with Gasteiger partial charge >= 0.3 is 0 Å². The number of aromatic nitrogens is 3. The Hall–Kier alpha value is -2.10. The third kappa shape index (κ3) is 1.61. The van der Waals surface area contributed by atoms with E-state index < -0.39 is 0 Å². The topological polar surface area (TPSA) is 50.9 Å². The molecule has 0 bridgehead atoms. The molecule has 0 unspecified atom stereocenters. The molecule has 0 amide bonds. The Balaban J connectivity index is 2.59. The summed E-state index contributed by atoms with van der Waals surface area (Å²) in [5.74, 6) is 0.0790. The number of fused-ring (bicyclic) bond motifs is 1. The molecule has 15 heavy (non-hydrogen) atoms. The minimum Gasteiger partial charge on any atom is -0.506 e. The second-order valence-corrected chi connectivity index (χ2v) is 3.15. The van der Waals surface area contributed by atoms with Gasteiger partial charge in [0, 0.05) is 0 Å². The van der Waals surface area contributed by atoms with Crippen LogP contribution < -0.4 is 0 Å². The lowest BCUT2D eigenvalue weighted by Crippen LogP contribution is -2.00. The largest absolute Gasteiger partial charge is 0.506 e. The van der Waals surface area contributed by atoms with E-state index in [9.17, 15) is 5.11 Å². The third-order valence-corrected chi connectivity index (χ3v) is 2.15. The van der Waals surface area contributed by atoms with E-state index in [2.05, 4.69) is 16.8 Å². The van der Waals surface area contributed by atoms with E-state index in [1.54, 1.807) is 6.92 Å². The minimum atomic E-state index is 0.0790. The highest BCUT2D eigenvalue weighted by molar-refractivity contribution is 5.74. The predicted molar refractivity (Wildman–Crippen MR) is 59.2 cm³/mol. The van der Waals surface area contributed by atoms with Crippen molar-refractivity contribution in [1.82, 2.24) is 15.0 Å². The first kappa shape index (κ1) is 9.45. The summed E-state index contributed by atoms with van der Waals surface area (Å²) in [5.41, 5.74) is 2.16. The summed E-state index contributed by atoms with van der Waals surface area (Å²) in [7, 11) is 0. The number of benzene rings is 1. The van der Waals surface area contributed by atoms with Gasteiger partial charge in [-0.25, -0.2) is 0 Å². The number of allylic oxidation sites excluding steroid dienone is 2. The lowest BCUT2D eigenvalue weighted by molar-refractivity contribution is 0.429. The predicted octanol–water partition coefficient (Wildman–Crippen LogP) is 2.36. The van der Waals surface area contributed by atoms with E-state index in [1.165, 1.54) is 10.9 Å². The molecular weight excluding hydrogens is 190 g/mol. The molecule has 0 fully saturated rings. The Morgan fingerprint density at radius 3 is 2.33 bits per heavy atom. The first-order valence-electron chi connectivity index (χ1n) is 4.57.